The van der Waals surface area contributed by atoms with Gasteiger partial charge in [0, 0.05) is 13.1 Å². The van der Waals surface area contributed by atoms with E-state index in [1.165, 1.54) is 0 Å². The zero-order valence-corrected chi connectivity index (χ0v) is 18.4. The minimum Gasteiger partial charge on any atom is -0.493 e. The average Bonchev–Trinajstić information content (AvgIpc) is 2.78. The maximum Gasteiger partial charge on any atom is 0.255 e. The van der Waals surface area contributed by atoms with Crippen molar-refractivity contribution >= 4 is 11.9 Å². The lowest BCUT2D eigenvalue weighted by Crippen LogP contribution is -2.36. The Labute approximate surface area is 182 Å². The van der Waals surface area contributed by atoms with Crippen molar-refractivity contribution in [3.05, 3.63) is 47.5 Å². The summed E-state index contributed by atoms with van der Waals surface area (Å²) in [5.41, 5.74) is 7.00. The van der Waals surface area contributed by atoms with Crippen LogP contribution in [0.15, 0.2) is 41.4 Å². The number of primary amides is 1. The Balaban J connectivity index is 2.09. The summed E-state index contributed by atoms with van der Waals surface area (Å²) in [5.74, 6) is 2.42. The second-order valence-corrected chi connectivity index (χ2v) is 6.48. The number of hydrogen-bond donors (Lipinski definition) is 3. The molecule has 0 aliphatic rings. The molecule has 0 saturated heterocycles. The molecule has 0 spiro atoms. The van der Waals surface area contributed by atoms with E-state index in [0.29, 0.717) is 48.6 Å². The molecule has 2 aromatic carbocycles. The van der Waals surface area contributed by atoms with Gasteiger partial charge in [-0.1, -0.05) is 12.1 Å². The first-order chi connectivity index (χ1) is 15.0. The van der Waals surface area contributed by atoms with Crippen LogP contribution in [0.25, 0.3) is 0 Å². The summed E-state index contributed by atoms with van der Waals surface area (Å²) in [6, 6.07) is 11.2. The summed E-state index contributed by atoms with van der Waals surface area (Å²) < 4.78 is 21.5. The fourth-order valence-corrected chi connectivity index (χ4v) is 2.82. The number of guanidine groups is 1. The highest BCUT2D eigenvalue weighted by Gasteiger charge is 2.13. The number of nitrogens with one attached hydrogen (secondary N) is 2. The number of carbonyl (C=O) groups excluding carboxylic acids is 1. The van der Waals surface area contributed by atoms with E-state index in [9.17, 15) is 4.79 Å². The van der Waals surface area contributed by atoms with E-state index in [1.54, 1.807) is 27.4 Å². The van der Waals surface area contributed by atoms with Crippen molar-refractivity contribution in [2.45, 2.75) is 20.0 Å². The van der Waals surface area contributed by atoms with Gasteiger partial charge in [0.2, 0.25) is 5.75 Å². The standard InChI is InChI=1S/C22H30N4O5/c1-5-24-22(25-12-15-7-6-8-17(9-15)31-14-20(23)27)26-13-16-10-18(28-2)21(30-4)19(11-16)29-3/h6-11H,5,12-14H2,1-4H3,(H2,23,27)(H2,24,25,26). The monoisotopic (exact) mass is 430 g/mol. The minimum absolute atomic E-state index is 0.157. The van der Waals surface area contributed by atoms with E-state index in [4.69, 9.17) is 24.7 Å². The molecule has 0 unspecified atom stereocenters. The van der Waals surface area contributed by atoms with Crippen LogP contribution >= 0.6 is 0 Å². The number of carbonyl (C=O) groups is 1. The molecular weight excluding hydrogens is 400 g/mol. The normalized spacial score (nSPS) is 10.9. The van der Waals surface area contributed by atoms with Crippen LogP contribution in [-0.2, 0) is 17.9 Å². The largest absolute Gasteiger partial charge is 0.493 e. The smallest absolute Gasteiger partial charge is 0.255 e. The zero-order valence-electron chi connectivity index (χ0n) is 18.4. The average molecular weight is 431 g/mol. The first-order valence-electron chi connectivity index (χ1n) is 9.81. The van der Waals surface area contributed by atoms with Crippen LogP contribution in [0, 0.1) is 0 Å². The van der Waals surface area contributed by atoms with Gasteiger partial charge in [-0.2, -0.15) is 0 Å². The van der Waals surface area contributed by atoms with E-state index < -0.39 is 5.91 Å². The molecule has 2 rings (SSSR count). The number of ether oxygens (including phenoxy) is 4. The lowest BCUT2D eigenvalue weighted by molar-refractivity contribution is -0.119. The molecule has 0 fully saturated rings. The topological polar surface area (TPSA) is 116 Å². The summed E-state index contributed by atoms with van der Waals surface area (Å²) >= 11 is 0. The van der Waals surface area contributed by atoms with Crippen LogP contribution in [0.3, 0.4) is 0 Å². The molecule has 0 saturated carbocycles. The molecule has 0 heterocycles. The number of amides is 1. The first-order valence-corrected chi connectivity index (χ1v) is 9.81. The van der Waals surface area contributed by atoms with Crippen molar-refractivity contribution in [3.8, 4) is 23.0 Å². The lowest BCUT2D eigenvalue weighted by Gasteiger charge is -2.14. The molecule has 2 aromatic rings. The van der Waals surface area contributed by atoms with Gasteiger partial charge < -0.3 is 35.3 Å². The van der Waals surface area contributed by atoms with Gasteiger partial charge in [0.25, 0.3) is 5.91 Å². The summed E-state index contributed by atoms with van der Waals surface area (Å²) in [7, 11) is 4.73. The maximum atomic E-state index is 10.9. The molecule has 0 bridgehead atoms. The van der Waals surface area contributed by atoms with Gasteiger partial charge in [0.1, 0.15) is 5.75 Å². The van der Waals surface area contributed by atoms with Crippen molar-refractivity contribution in [3.63, 3.8) is 0 Å². The summed E-state index contributed by atoms with van der Waals surface area (Å²) in [5, 5.41) is 6.50. The molecule has 9 nitrogen and oxygen atoms in total. The van der Waals surface area contributed by atoms with Crippen LogP contribution in [-0.4, -0.2) is 46.3 Å². The fraction of sp³-hybridized carbons (Fsp3) is 0.364. The van der Waals surface area contributed by atoms with Crippen LogP contribution in [0.4, 0.5) is 0 Å². The molecule has 4 N–H and O–H groups in total. The quantitative estimate of drug-likeness (QED) is 0.368. The predicted molar refractivity (Wildman–Crippen MR) is 119 cm³/mol. The molecule has 0 radical (unpaired) electrons. The Bertz CT molecular complexity index is 876. The van der Waals surface area contributed by atoms with Crippen LogP contribution < -0.4 is 35.3 Å². The molecular formula is C22H30N4O5. The van der Waals surface area contributed by atoms with E-state index in [1.807, 2.05) is 37.3 Å². The molecule has 0 aromatic heterocycles. The van der Waals surface area contributed by atoms with Crippen molar-refractivity contribution in [2.75, 3.05) is 34.5 Å². The number of rotatable bonds is 11. The van der Waals surface area contributed by atoms with Crippen molar-refractivity contribution in [1.29, 1.82) is 0 Å². The van der Waals surface area contributed by atoms with E-state index in [0.717, 1.165) is 11.1 Å². The van der Waals surface area contributed by atoms with E-state index >= 15 is 0 Å². The van der Waals surface area contributed by atoms with Crippen molar-refractivity contribution in [2.24, 2.45) is 10.7 Å². The summed E-state index contributed by atoms with van der Waals surface area (Å²) in [6.45, 7) is 3.48. The Morgan fingerprint density at radius 3 is 2.29 bits per heavy atom. The molecule has 9 heteroatoms. The van der Waals surface area contributed by atoms with Crippen LogP contribution in [0.1, 0.15) is 18.1 Å². The highest BCUT2D eigenvalue weighted by Crippen LogP contribution is 2.38. The molecule has 31 heavy (non-hydrogen) atoms. The molecule has 0 atom stereocenters. The van der Waals surface area contributed by atoms with Gasteiger partial charge in [-0.05, 0) is 42.3 Å². The molecule has 168 valence electrons. The fourth-order valence-electron chi connectivity index (χ4n) is 2.82. The third-order valence-corrected chi connectivity index (χ3v) is 4.23. The van der Waals surface area contributed by atoms with Gasteiger partial charge in [0.15, 0.2) is 24.1 Å². The third-order valence-electron chi connectivity index (χ3n) is 4.23. The number of aliphatic imine (C=N–C) groups is 1. The van der Waals surface area contributed by atoms with Gasteiger partial charge in [0.05, 0.1) is 27.9 Å². The van der Waals surface area contributed by atoms with Gasteiger partial charge in [-0.3, -0.25) is 4.79 Å². The summed E-state index contributed by atoms with van der Waals surface area (Å²) in [4.78, 5) is 15.5. The van der Waals surface area contributed by atoms with Crippen molar-refractivity contribution in [1.82, 2.24) is 10.6 Å². The second-order valence-electron chi connectivity index (χ2n) is 6.48. The Morgan fingerprint density at radius 2 is 1.71 bits per heavy atom. The van der Waals surface area contributed by atoms with Crippen molar-refractivity contribution < 1.29 is 23.7 Å². The highest BCUT2D eigenvalue weighted by atomic mass is 16.5. The minimum atomic E-state index is -0.517. The van der Waals surface area contributed by atoms with Gasteiger partial charge >= 0.3 is 0 Å². The maximum absolute atomic E-state index is 10.9. The number of benzene rings is 2. The van der Waals surface area contributed by atoms with E-state index in [-0.39, 0.29) is 6.61 Å². The van der Waals surface area contributed by atoms with Crippen LogP contribution in [0.2, 0.25) is 0 Å². The Hall–Kier alpha value is -3.62. The third kappa shape index (κ3) is 7.29. The lowest BCUT2D eigenvalue weighted by atomic mass is 10.2. The SMILES string of the molecule is CCNC(=NCc1cc(OC)c(OC)c(OC)c1)NCc1cccc(OCC(N)=O)c1. The number of hydrogen-bond acceptors (Lipinski definition) is 6. The first kappa shape index (κ1) is 23.7. The van der Waals surface area contributed by atoms with Gasteiger partial charge in [-0.25, -0.2) is 4.99 Å². The Morgan fingerprint density at radius 1 is 1.00 bits per heavy atom. The number of nitrogens with zero attached hydrogens (tertiary/aromatic N) is 1. The van der Waals surface area contributed by atoms with E-state index in [2.05, 4.69) is 15.6 Å². The molecule has 0 aliphatic heterocycles. The number of nitrogens with two attached hydrogens (primary N) is 1. The molecule has 1 amide bonds. The number of methoxy groups -OCH3 is 3. The van der Waals surface area contributed by atoms with Gasteiger partial charge in [-0.15, -0.1) is 0 Å². The zero-order chi connectivity index (χ0) is 22.6. The molecule has 0 aliphatic carbocycles. The highest BCUT2D eigenvalue weighted by molar-refractivity contribution is 5.79. The summed E-state index contributed by atoms with van der Waals surface area (Å²) in [6.07, 6.45) is 0. The Kier molecular flexibility index (Phi) is 9.28. The van der Waals surface area contributed by atoms with Crippen LogP contribution in [0.5, 0.6) is 23.0 Å². The predicted octanol–water partition coefficient (Wildman–Crippen LogP) is 1.83. The second kappa shape index (κ2) is 12.2.